The number of carbonyl (C=O) groups excluding carboxylic acids is 2. The van der Waals surface area contributed by atoms with Gasteiger partial charge >= 0.3 is 5.97 Å². The Kier molecular flexibility index (Phi) is 7.69. The first kappa shape index (κ1) is 23.2. The van der Waals surface area contributed by atoms with E-state index in [1.54, 1.807) is 29.2 Å². The molecule has 1 fully saturated rings. The molecule has 1 N–H and O–H groups in total. The van der Waals surface area contributed by atoms with Gasteiger partial charge in [0.25, 0.3) is 5.91 Å². The van der Waals surface area contributed by atoms with Crippen LogP contribution in [0.5, 0.6) is 0 Å². The van der Waals surface area contributed by atoms with Gasteiger partial charge in [0.2, 0.25) is 10.0 Å². The molecule has 2 aromatic rings. The van der Waals surface area contributed by atoms with Gasteiger partial charge in [-0.05, 0) is 49.9 Å². The summed E-state index contributed by atoms with van der Waals surface area (Å²) in [5.74, 6) is -1.04. The van der Waals surface area contributed by atoms with E-state index in [1.807, 2.05) is 13.0 Å². The zero-order valence-corrected chi connectivity index (χ0v) is 18.8. The van der Waals surface area contributed by atoms with Crippen molar-refractivity contribution in [2.45, 2.75) is 43.7 Å². The minimum Gasteiger partial charge on any atom is -0.452 e. The number of likely N-dealkylation sites (tertiary alicyclic amines) is 1. The van der Waals surface area contributed by atoms with Gasteiger partial charge in [-0.2, -0.15) is 0 Å². The molecule has 0 aliphatic carbocycles. The predicted octanol–water partition coefficient (Wildman–Crippen LogP) is 3.38. The smallest absolute Gasteiger partial charge is 0.338 e. The lowest BCUT2D eigenvalue weighted by Gasteiger charge is -2.33. The maximum Gasteiger partial charge on any atom is 0.338 e. The van der Waals surface area contributed by atoms with Gasteiger partial charge in [0, 0.05) is 19.1 Å². The molecule has 1 unspecified atom stereocenters. The van der Waals surface area contributed by atoms with Crippen LogP contribution in [0, 0.1) is 0 Å². The number of nitrogens with one attached hydrogen (secondary N) is 1. The number of nitrogens with zero attached hydrogens (tertiary/aromatic N) is 1. The maximum atomic E-state index is 12.7. The van der Waals surface area contributed by atoms with Gasteiger partial charge in [-0.1, -0.05) is 41.9 Å². The summed E-state index contributed by atoms with van der Waals surface area (Å²) < 4.78 is 33.0. The molecule has 1 atom stereocenters. The Morgan fingerprint density at radius 3 is 2.61 bits per heavy atom. The molecule has 166 valence electrons. The Bertz CT molecular complexity index is 1040. The van der Waals surface area contributed by atoms with Crippen molar-refractivity contribution >= 4 is 33.5 Å². The van der Waals surface area contributed by atoms with Crippen molar-refractivity contribution in [3.05, 3.63) is 64.7 Å². The summed E-state index contributed by atoms with van der Waals surface area (Å²) in [5, 5.41) is -0.0182. The Hall–Kier alpha value is -2.42. The Morgan fingerprint density at radius 2 is 1.90 bits per heavy atom. The number of hydrogen-bond acceptors (Lipinski definition) is 5. The normalized spacial score (nSPS) is 16.7. The fraction of sp³-hybridized carbons (Fsp3) is 0.364. The standard InChI is InChI=1S/C22H25ClN2O5S/c1-16-7-5-6-12-25(16)21(26)15-30-22(27)18-10-11-19(23)20(13-18)31(28,29)24-14-17-8-3-2-4-9-17/h2-4,8-11,13,16,24H,5-7,12,14-15H2,1H3. The predicted molar refractivity (Wildman–Crippen MR) is 117 cm³/mol. The number of esters is 1. The summed E-state index contributed by atoms with van der Waals surface area (Å²) >= 11 is 6.08. The number of hydrogen-bond donors (Lipinski definition) is 1. The van der Waals surface area contributed by atoms with Crippen molar-refractivity contribution < 1.29 is 22.7 Å². The first-order chi connectivity index (χ1) is 14.8. The van der Waals surface area contributed by atoms with Gasteiger partial charge in [-0.25, -0.2) is 17.9 Å². The number of benzene rings is 2. The zero-order chi connectivity index (χ0) is 22.4. The van der Waals surface area contributed by atoms with E-state index < -0.39 is 16.0 Å². The molecule has 1 amide bonds. The highest BCUT2D eigenvalue weighted by Gasteiger charge is 2.25. The molecule has 1 saturated heterocycles. The summed E-state index contributed by atoms with van der Waals surface area (Å²) in [5.41, 5.74) is 0.784. The lowest BCUT2D eigenvalue weighted by Crippen LogP contribution is -2.44. The third-order valence-corrected chi connectivity index (χ3v) is 7.10. The molecule has 1 aliphatic rings. The average molecular weight is 465 g/mol. The van der Waals surface area contributed by atoms with Crippen LogP contribution >= 0.6 is 11.6 Å². The summed E-state index contributed by atoms with van der Waals surface area (Å²) in [6.07, 6.45) is 2.93. The highest BCUT2D eigenvalue weighted by molar-refractivity contribution is 7.89. The van der Waals surface area contributed by atoms with Crippen LogP contribution in [-0.2, 0) is 26.1 Å². The Labute approximate surface area is 187 Å². The van der Waals surface area contributed by atoms with Gasteiger partial charge in [-0.15, -0.1) is 0 Å². The van der Waals surface area contributed by atoms with E-state index in [2.05, 4.69) is 4.72 Å². The number of ether oxygens (including phenoxy) is 1. The van der Waals surface area contributed by atoms with Crippen LogP contribution in [0.2, 0.25) is 5.02 Å². The van der Waals surface area contributed by atoms with Gasteiger partial charge in [0.1, 0.15) is 4.90 Å². The molecule has 0 spiro atoms. The molecular weight excluding hydrogens is 440 g/mol. The van der Waals surface area contributed by atoms with E-state index in [1.165, 1.54) is 12.1 Å². The van der Waals surface area contributed by atoms with Crippen LogP contribution in [0.4, 0.5) is 0 Å². The van der Waals surface area contributed by atoms with Crippen LogP contribution in [0.1, 0.15) is 42.1 Å². The second-order valence-electron chi connectivity index (χ2n) is 7.46. The molecular formula is C22H25ClN2O5S. The van der Waals surface area contributed by atoms with Crippen molar-refractivity contribution in [3.8, 4) is 0 Å². The number of halogens is 1. The van der Waals surface area contributed by atoms with E-state index in [0.29, 0.717) is 6.54 Å². The van der Waals surface area contributed by atoms with Gasteiger partial charge in [-0.3, -0.25) is 4.79 Å². The number of carbonyl (C=O) groups is 2. The van der Waals surface area contributed by atoms with E-state index in [-0.39, 0.29) is 40.6 Å². The van der Waals surface area contributed by atoms with Crippen molar-refractivity contribution in [2.75, 3.05) is 13.2 Å². The van der Waals surface area contributed by atoms with Crippen molar-refractivity contribution in [3.63, 3.8) is 0 Å². The third kappa shape index (κ3) is 6.06. The topological polar surface area (TPSA) is 92.8 Å². The lowest BCUT2D eigenvalue weighted by atomic mass is 10.0. The molecule has 9 heteroatoms. The summed E-state index contributed by atoms with van der Waals surface area (Å²) in [4.78, 5) is 26.3. The quantitative estimate of drug-likeness (QED) is 0.634. The first-order valence-electron chi connectivity index (χ1n) is 10.1. The summed E-state index contributed by atoms with van der Waals surface area (Å²) in [7, 11) is -3.97. The monoisotopic (exact) mass is 464 g/mol. The molecule has 2 aromatic carbocycles. The minimum atomic E-state index is -3.97. The number of amides is 1. The highest BCUT2D eigenvalue weighted by atomic mass is 35.5. The molecule has 0 bridgehead atoms. The summed E-state index contributed by atoms with van der Waals surface area (Å²) in [6, 6.07) is 13.0. The van der Waals surface area contributed by atoms with E-state index in [4.69, 9.17) is 16.3 Å². The molecule has 0 saturated carbocycles. The van der Waals surface area contributed by atoms with E-state index >= 15 is 0 Å². The second-order valence-corrected chi connectivity index (χ2v) is 9.61. The average Bonchev–Trinajstić information content (AvgIpc) is 2.77. The van der Waals surface area contributed by atoms with Crippen LogP contribution in [0.25, 0.3) is 0 Å². The second kappa shape index (κ2) is 10.3. The van der Waals surface area contributed by atoms with E-state index in [9.17, 15) is 18.0 Å². The maximum absolute atomic E-state index is 12.7. The van der Waals surface area contributed by atoms with Crippen molar-refractivity contribution in [1.29, 1.82) is 0 Å². The van der Waals surface area contributed by atoms with Crippen molar-refractivity contribution in [2.24, 2.45) is 0 Å². The molecule has 31 heavy (non-hydrogen) atoms. The molecule has 0 radical (unpaired) electrons. The fourth-order valence-electron chi connectivity index (χ4n) is 3.45. The van der Waals surface area contributed by atoms with Gasteiger partial charge in [0.05, 0.1) is 10.6 Å². The SMILES string of the molecule is CC1CCCCN1C(=O)COC(=O)c1ccc(Cl)c(S(=O)(=O)NCc2ccccc2)c1. The third-order valence-electron chi connectivity index (χ3n) is 5.22. The lowest BCUT2D eigenvalue weighted by molar-refractivity contribution is -0.137. The number of sulfonamides is 1. The first-order valence-corrected chi connectivity index (χ1v) is 11.9. The van der Waals surface area contributed by atoms with Gasteiger partial charge in [0.15, 0.2) is 6.61 Å². The van der Waals surface area contributed by atoms with Crippen LogP contribution in [0.3, 0.4) is 0 Å². The van der Waals surface area contributed by atoms with Crippen LogP contribution in [0.15, 0.2) is 53.4 Å². The van der Waals surface area contributed by atoms with E-state index in [0.717, 1.165) is 30.9 Å². The molecule has 3 rings (SSSR count). The van der Waals surface area contributed by atoms with Gasteiger partial charge < -0.3 is 9.64 Å². The minimum absolute atomic E-state index is 0.00368. The number of piperidine rings is 1. The molecule has 0 aromatic heterocycles. The van der Waals surface area contributed by atoms with Crippen molar-refractivity contribution in [1.82, 2.24) is 9.62 Å². The molecule has 1 heterocycles. The number of rotatable bonds is 7. The zero-order valence-electron chi connectivity index (χ0n) is 17.2. The highest BCUT2D eigenvalue weighted by Crippen LogP contribution is 2.23. The Morgan fingerprint density at radius 1 is 1.16 bits per heavy atom. The molecule has 7 nitrogen and oxygen atoms in total. The molecule has 1 aliphatic heterocycles. The Balaban J connectivity index is 1.66. The summed E-state index contributed by atoms with van der Waals surface area (Å²) in [6.45, 7) is 2.31. The largest absolute Gasteiger partial charge is 0.452 e. The van der Waals surface area contributed by atoms with Crippen LogP contribution < -0.4 is 4.72 Å². The van der Waals surface area contributed by atoms with Crippen LogP contribution in [-0.4, -0.2) is 44.4 Å². The fourth-order valence-corrected chi connectivity index (χ4v) is 4.99.